The number of nitrogens with zero attached hydrogens (tertiary/aromatic N) is 2. The van der Waals surface area contributed by atoms with Crippen LogP contribution in [-0.2, 0) is 11.3 Å². The number of methoxy groups -OCH3 is 1. The lowest BCUT2D eigenvalue weighted by Gasteiger charge is -2.26. The number of hydrogen-bond acceptors (Lipinski definition) is 5. The first kappa shape index (κ1) is 15.7. The van der Waals surface area contributed by atoms with Crippen molar-refractivity contribution in [3.8, 4) is 0 Å². The molecule has 0 aliphatic heterocycles. The quantitative estimate of drug-likeness (QED) is 0.620. The molecule has 1 N–H and O–H groups in total. The van der Waals surface area contributed by atoms with Gasteiger partial charge in [-0.05, 0) is 12.8 Å². The molecule has 5 heteroatoms. The van der Waals surface area contributed by atoms with Crippen LogP contribution in [0.15, 0.2) is 5.38 Å². The Balaban J connectivity index is 1.83. The average Bonchev–Trinajstić information content (AvgIpc) is 2.76. The van der Waals surface area contributed by atoms with Gasteiger partial charge in [-0.2, -0.15) is 0 Å². The highest BCUT2D eigenvalue weighted by Gasteiger charge is 2.19. The fourth-order valence-electron chi connectivity index (χ4n) is 2.73. The van der Waals surface area contributed by atoms with Gasteiger partial charge in [-0.25, -0.2) is 4.98 Å². The first-order valence-electron chi connectivity index (χ1n) is 7.68. The van der Waals surface area contributed by atoms with E-state index in [-0.39, 0.29) is 0 Å². The van der Waals surface area contributed by atoms with E-state index in [0.717, 1.165) is 25.4 Å². The Kier molecular flexibility index (Phi) is 6.76. The van der Waals surface area contributed by atoms with E-state index in [0.29, 0.717) is 6.04 Å². The van der Waals surface area contributed by atoms with Crippen molar-refractivity contribution in [1.82, 2.24) is 10.3 Å². The number of rotatable bonds is 7. The van der Waals surface area contributed by atoms with Crippen LogP contribution >= 0.6 is 11.3 Å². The van der Waals surface area contributed by atoms with E-state index in [2.05, 4.69) is 22.6 Å². The minimum atomic E-state index is 0.679. The van der Waals surface area contributed by atoms with Crippen molar-refractivity contribution in [2.75, 3.05) is 32.2 Å². The zero-order chi connectivity index (χ0) is 14.2. The highest BCUT2D eigenvalue weighted by molar-refractivity contribution is 7.13. The van der Waals surface area contributed by atoms with Crippen molar-refractivity contribution in [2.45, 2.75) is 51.1 Å². The lowest BCUT2D eigenvalue weighted by Crippen LogP contribution is -2.31. The SMILES string of the molecule is COCCNCc1csc(N(C)C2CCCCCC2)n1. The lowest BCUT2D eigenvalue weighted by atomic mass is 10.1. The third-order valence-corrected chi connectivity index (χ3v) is 4.98. The summed E-state index contributed by atoms with van der Waals surface area (Å²) in [4.78, 5) is 7.15. The van der Waals surface area contributed by atoms with Gasteiger partial charge < -0.3 is 15.0 Å². The molecule has 1 aromatic rings. The molecule has 1 aliphatic carbocycles. The van der Waals surface area contributed by atoms with E-state index in [9.17, 15) is 0 Å². The van der Waals surface area contributed by atoms with E-state index in [1.807, 2.05) is 0 Å². The number of hydrogen-bond donors (Lipinski definition) is 1. The Bertz CT molecular complexity index is 375. The van der Waals surface area contributed by atoms with Crippen molar-refractivity contribution in [3.63, 3.8) is 0 Å². The third-order valence-electron chi connectivity index (χ3n) is 4.00. The topological polar surface area (TPSA) is 37.4 Å². The molecule has 1 saturated carbocycles. The van der Waals surface area contributed by atoms with E-state index in [1.54, 1.807) is 18.4 Å². The molecular weight excluding hydrogens is 270 g/mol. The first-order valence-corrected chi connectivity index (χ1v) is 8.56. The second-order valence-corrected chi connectivity index (χ2v) is 6.38. The highest BCUT2D eigenvalue weighted by atomic mass is 32.1. The van der Waals surface area contributed by atoms with Crippen molar-refractivity contribution in [3.05, 3.63) is 11.1 Å². The summed E-state index contributed by atoms with van der Waals surface area (Å²) in [7, 11) is 3.93. The average molecular weight is 297 g/mol. The highest BCUT2D eigenvalue weighted by Crippen LogP contribution is 2.27. The second-order valence-electron chi connectivity index (χ2n) is 5.55. The molecule has 1 aliphatic rings. The van der Waals surface area contributed by atoms with Gasteiger partial charge in [0.1, 0.15) is 0 Å². The van der Waals surface area contributed by atoms with Crippen LogP contribution < -0.4 is 10.2 Å². The summed E-state index contributed by atoms with van der Waals surface area (Å²) < 4.78 is 5.03. The molecule has 0 atom stereocenters. The molecule has 1 heterocycles. The molecule has 20 heavy (non-hydrogen) atoms. The lowest BCUT2D eigenvalue weighted by molar-refractivity contribution is 0.199. The van der Waals surface area contributed by atoms with E-state index < -0.39 is 0 Å². The summed E-state index contributed by atoms with van der Waals surface area (Å²) in [6.45, 7) is 2.46. The fourth-order valence-corrected chi connectivity index (χ4v) is 3.59. The number of nitrogens with one attached hydrogen (secondary N) is 1. The van der Waals surface area contributed by atoms with Crippen LogP contribution in [0.2, 0.25) is 0 Å². The van der Waals surface area contributed by atoms with Crippen LogP contribution in [0.5, 0.6) is 0 Å². The van der Waals surface area contributed by atoms with Gasteiger partial charge in [-0.15, -0.1) is 11.3 Å². The Labute approximate surface area is 126 Å². The fraction of sp³-hybridized carbons (Fsp3) is 0.800. The molecule has 0 radical (unpaired) electrons. The minimum absolute atomic E-state index is 0.679. The predicted octanol–water partition coefficient (Wildman–Crippen LogP) is 3.04. The smallest absolute Gasteiger partial charge is 0.185 e. The maximum absolute atomic E-state index is 5.03. The summed E-state index contributed by atoms with van der Waals surface area (Å²) in [5.41, 5.74) is 1.14. The van der Waals surface area contributed by atoms with Crippen LogP contribution in [0, 0.1) is 0 Å². The van der Waals surface area contributed by atoms with Crippen molar-refractivity contribution in [2.24, 2.45) is 0 Å². The van der Waals surface area contributed by atoms with Crippen LogP contribution in [0.1, 0.15) is 44.2 Å². The monoisotopic (exact) mass is 297 g/mol. The largest absolute Gasteiger partial charge is 0.383 e. The van der Waals surface area contributed by atoms with Crippen LogP contribution in [0.3, 0.4) is 0 Å². The summed E-state index contributed by atoms with van der Waals surface area (Å²) in [5, 5.41) is 6.68. The summed E-state index contributed by atoms with van der Waals surface area (Å²) in [5.74, 6) is 0. The van der Waals surface area contributed by atoms with Gasteiger partial charge in [0.15, 0.2) is 5.13 Å². The molecule has 0 bridgehead atoms. The minimum Gasteiger partial charge on any atom is -0.383 e. The molecule has 1 fully saturated rings. The van der Waals surface area contributed by atoms with Crippen molar-refractivity contribution >= 4 is 16.5 Å². The normalized spacial score (nSPS) is 17.1. The maximum Gasteiger partial charge on any atom is 0.185 e. The molecule has 0 unspecified atom stereocenters. The Morgan fingerprint density at radius 3 is 2.80 bits per heavy atom. The van der Waals surface area contributed by atoms with Gasteiger partial charge in [0.05, 0.1) is 12.3 Å². The van der Waals surface area contributed by atoms with Gasteiger partial charge >= 0.3 is 0 Å². The van der Waals surface area contributed by atoms with Gasteiger partial charge in [-0.3, -0.25) is 0 Å². The maximum atomic E-state index is 5.03. The molecule has 0 spiro atoms. The Morgan fingerprint density at radius 1 is 1.35 bits per heavy atom. The van der Waals surface area contributed by atoms with Crippen LogP contribution in [-0.4, -0.2) is 38.3 Å². The molecule has 0 aromatic carbocycles. The number of ether oxygens (including phenoxy) is 1. The van der Waals surface area contributed by atoms with Gasteiger partial charge in [0.2, 0.25) is 0 Å². The molecule has 114 valence electrons. The van der Waals surface area contributed by atoms with E-state index in [1.165, 1.54) is 43.7 Å². The molecule has 1 aromatic heterocycles. The number of anilines is 1. The van der Waals surface area contributed by atoms with Gasteiger partial charge in [0, 0.05) is 38.7 Å². The third kappa shape index (κ3) is 4.72. The summed E-state index contributed by atoms with van der Waals surface area (Å²) in [6.07, 6.45) is 8.17. The summed E-state index contributed by atoms with van der Waals surface area (Å²) in [6, 6.07) is 0.679. The first-order chi connectivity index (χ1) is 9.81. The zero-order valence-electron chi connectivity index (χ0n) is 12.7. The predicted molar refractivity (Wildman–Crippen MR) is 85.6 cm³/mol. The number of thiazole rings is 1. The van der Waals surface area contributed by atoms with Crippen molar-refractivity contribution in [1.29, 1.82) is 0 Å². The van der Waals surface area contributed by atoms with Gasteiger partial charge in [0.25, 0.3) is 0 Å². The molecule has 4 nitrogen and oxygen atoms in total. The molecule has 0 saturated heterocycles. The van der Waals surface area contributed by atoms with Crippen LogP contribution in [0.4, 0.5) is 5.13 Å². The summed E-state index contributed by atoms with van der Waals surface area (Å²) >= 11 is 1.77. The second kappa shape index (κ2) is 8.60. The molecular formula is C15H27N3OS. The number of aromatic nitrogens is 1. The molecule has 0 amide bonds. The van der Waals surface area contributed by atoms with Crippen molar-refractivity contribution < 1.29 is 4.74 Å². The molecule has 2 rings (SSSR count). The zero-order valence-corrected chi connectivity index (χ0v) is 13.5. The van der Waals surface area contributed by atoms with Gasteiger partial charge in [-0.1, -0.05) is 25.7 Å². The van der Waals surface area contributed by atoms with Crippen LogP contribution in [0.25, 0.3) is 0 Å². The Morgan fingerprint density at radius 2 is 2.10 bits per heavy atom. The standard InChI is InChI=1S/C15H27N3OS/c1-18(14-7-5-3-4-6-8-14)15-17-13(12-20-15)11-16-9-10-19-2/h12,14,16H,3-11H2,1-2H3. The Hall–Kier alpha value is -0.650. The van der Waals surface area contributed by atoms with E-state index >= 15 is 0 Å². The van der Waals surface area contributed by atoms with E-state index in [4.69, 9.17) is 9.72 Å².